The number of anilines is 1. The highest BCUT2D eigenvalue weighted by Gasteiger charge is 2.11. The zero-order chi connectivity index (χ0) is 12.3. The third-order valence-corrected chi connectivity index (χ3v) is 3.38. The minimum Gasteiger partial charge on any atom is -0.321 e. The molecule has 1 N–H and O–H groups in total. The third kappa shape index (κ3) is 2.95. The normalized spacial score (nSPS) is 10.0. The maximum absolute atomic E-state index is 12.0. The molecule has 1 amide bonds. The van der Waals surface area contributed by atoms with Gasteiger partial charge in [-0.2, -0.15) is 0 Å². The van der Waals surface area contributed by atoms with Crippen LogP contribution in [0.3, 0.4) is 0 Å². The molecule has 5 heteroatoms. The highest BCUT2D eigenvalue weighted by Crippen LogP contribution is 2.20. The lowest BCUT2D eigenvalue weighted by atomic mass is 10.2. The van der Waals surface area contributed by atoms with E-state index in [9.17, 15) is 4.79 Å². The Balaban J connectivity index is 2.24. The molecule has 17 heavy (non-hydrogen) atoms. The lowest BCUT2D eigenvalue weighted by molar-refractivity contribution is 0.102. The summed E-state index contributed by atoms with van der Waals surface area (Å²) in [6.07, 6.45) is 2.99. The highest BCUT2D eigenvalue weighted by atomic mass is 127. The molecule has 1 aromatic heterocycles. The zero-order valence-corrected chi connectivity index (χ0v) is 11.6. The summed E-state index contributed by atoms with van der Waals surface area (Å²) in [6, 6.07) is 9.13. The molecule has 1 heterocycles. The number of hydrogen-bond acceptors (Lipinski definition) is 2. The molecule has 1 aromatic carbocycles. The molecule has 0 fully saturated rings. The Bertz CT molecular complexity index is 560. The summed E-state index contributed by atoms with van der Waals surface area (Å²) in [4.78, 5) is 15.8. The minimum atomic E-state index is -0.235. The molecule has 0 aliphatic rings. The van der Waals surface area contributed by atoms with Crippen molar-refractivity contribution in [3.05, 3.63) is 56.9 Å². The number of hydrogen-bond donors (Lipinski definition) is 1. The van der Waals surface area contributed by atoms with Crippen molar-refractivity contribution < 1.29 is 4.79 Å². The Morgan fingerprint density at radius 2 is 2.06 bits per heavy atom. The lowest BCUT2D eigenvalue weighted by Crippen LogP contribution is -2.13. The molecule has 0 spiro atoms. The van der Waals surface area contributed by atoms with Gasteiger partial charge in [-0.15, -0.1) is 0 Å². The Labute approximate surface area is 117 Å². The fourth-order valence-electron chi connectivity index (χ4n) is 1.31. The monoisotopic (exact) mass is 358 g/mol. The summed E-state index contributed by atoms with van der Waals surface area (Å²) < 4.78 is 0.976. The van der Waals surface area contributed by atoms with E-state index < -0.39 is 0 Å². The van der Waals surface area contributed by atoms with Gasteiger partial charge in [-0.25, -0.2) is 0 Å². The van der Waals surface area contributed by atoms with Crippen LogP contribution in [0.2, 0.25) is 5.02 Å². The molecule has 86 valence electrons. The molecule has 0 aliphatic carbocycles. The molecule has 0 saturated heterocycles. The molecule has 0 bridgehead atoms. The van der Waals surface area contributed by atoms with E-state index in [0.29, 0.717) is 10.6 Å². The van der Waals surface area contributed by atoms with Gasteiger partial charge in [-0.1, -0.05) is 23.7 Å². The highest BCUT2D eigenvalue weighted by molar-refractivity contribution is 14.1. The second-order valence-electron chi connectivity index (χ2n) is 3.29. The summed E-state index contributed by atoms with van der Waals surface area (Å²) >= 11 is 8.06. The summed E-state index contributed by atoms with van der Waals surface area (Å²) in [5, 5.41) is 3.15. The van der Waals surface area contributed by atoms with Crippen LogP contribution in [-0.4, -0.2) is 10.9 Å². The summed E-state index contributed by atoms with van der Waals surface area (Å²) in [5.41, 5.74) is 1.19. The molecule has 0 saturated carbocycles. The van der Waals surface area contributed by atoms with Crippen molar-refractivity contribution in [1.29, 1.82) is 0 Å². The number of carbonyl (C=O) groups is 1. The van der Waals surface area contributed by atoms with Crippen molar-refractivity contribution in [3.8, 4) is 0 Å². The fraction of sp³-hybridized carbons (Fsp3) is 0. The first-order valence-corrected chi connectivity index (χ1v) is 6.29. The molecule has 2 rings (SSSR count). The van der Waals surface area contributed by atoms with Crippen LogP contribution in [0.25, 0.3) is 0 Å². The van der Waals surface area contributed by atoms with Crippen LogP contribution < -0.4 is 5.32 Å². The van der Waals surface area contributed by atoms with E-state index in [1.807, 2.05) is 24.3 Å². The fourth-order valence-corrected chi connectivity index (χ4v) is 2.04. The second-order valence-corrected chi connectivity index (χ2v) is 4.86. The van der Waals surface area contributed by atoms with E-state index in [0.717, 1.165) is 9.26 Å². The van der Waals surface area contributed by atoms with Crippen molar-refractivity contribution in [2.24, 2.45) is 0 Å². The summed E-state index contributed by atoms with van der Waals surface area (Å²) in [7, 11) is 0. The standard InChI is InChI=1S/C12H8ClIN2O/c13-9-7-15-6-5-8(9)12(17)16-11-4-2-1-3-10(11)14/h1-7H,(H,16,17). The zero-order valence-electron chi connectivity index (χ0n) is 8.65. The van der Waals surface area contributed by atoms with Gasteiger partial charge in [0.1, 0.15) is 0 Å². The van der Waals surface area contributed by atoms with Crippen LogP contribution in [0.4, 0.5) is 5.69 Å². The Morgan fingerprint density at radius 1 is 1.29 bits per heavy atom. The van der Waals surface area contributed by atoms with E-state index in [2.05, 4.69) is 32.9 Å². The Kier molecular flexibility index (Phi) is 3.96. The molecule has 3 nitrogen and oxygen atoms in total. The number of benzene rings is 1. The third-order valence-electron chi connectivity index (χ3n) is 2.14. The van der Waals surface area contributed by atoms with Gasteiger partial charge in [-0.3, -0.25) is 9.78 Å². The minimum absolute atomic E-state index is 0.235. The number of carbonyl (C=O) groups excluding carboxylic acids is 1. The number of pyridine rings is 1. The quantitative estimate of drug-likeness (QED) is 0.834. The van der Waals surface area contributed by atoms with Gasteiger partial charge in [0.05, 0.1) is 16.3 Å². The average molecular weight is 359 g/mol. The first kappa shape index (κ1) is 12.3. The van der Waals surface area contributed by atoms with Crippen molar-refractivity contribution in [1.82, 2.24) is 4.98 Å². The lowest BCUT2D eigenvalue weighted by Gasteiger charge is -2.07. The van der Waals surface area contributed by atoms with Crippen molar-refractivity contribution in [2.45, 2.75) is 0 Å². The number of nitrogens with zero attached hydrogens (tertiary/aromatic N) is 1. The van der Waals surface area contributed by atoms with Gasteiger partial charge >= 0.3 is 0 Å². The number of halogens is 2. The topological polar surface area (TPSA) is 42.0 Å². The van der Waals surface area contributed by atoms with Gasteiger partial charge in [0.2, 0.25) is 0 Å². The Hall–Kier alpha value is -1.14. The second kappa shape index (κ2) is 5.46. The van der Waals surface area contributed by atoms with Gasteiger partial charge in [0.25, 0.3) is 5.91 Å². The molecule has 2 aromatic rings. The molecule has 0 aliphatic heterocycles. The van der Waals surface area contributed by atoms with E-state index in [-0.39, 0.29) is 5.91 Å². The summed E-state index contributed by atoms with van der Waals surface area (Å²) in [5.74, 6) is -0.235. The summed E-state index contributed by atoms with van der Waals surface area (Å²) in [6.45, 7) is 0. The van der Waals surface area contributed by atoms with Gasteiger partial charge in [0, 0.05) is 16.0 Å². The van der Waals surface area contributed by atoms with Crippen molar-refractivity contribution in [3.63, 3.8) is 0 Å². The van der Waals surface area contributed by atoms with Crippen LogP contribution in [0.1, 0.15) is 10.4 Å². The first-order chi connectivity index (χ1) is 8.18. The largest absolute Gasteiger partial charge is 0.321 e. The van der Waals surface area contributed by atoms with Crippen LogP contribution in [0.15, 0.2) is 42.7 Å². The average Bonchev–Trinajstić information content (AvgIpc) is 2.32. The maximum atomic E-state index is 12.0. The number of amides is 1. The van der Waals surface area contributed by atoms with Crippen LogP contribution in [-0.2, 0) is 0 Å². The van der Waals surface area contributed by atoms with E-state index >= 15 is 0 Å². The molecular weight excluding hydrogens is 351 g/mol. The van der Waals surface area contributed by atoms with Crippen molar-refractivity contribution in [2.75, 3.05) is 5.32 Å². The van der Waals surface area contributed by atoms with Gasteiger partial charge < -0.3 is 5.32 Å². The molecule has 0 unspecified atom stereocenters. The SMILES string of the molecule is O=C(Nc1ccccc1I)c1ccncc1Cl. The predicted molar refractivity (Wildman–Crippen MR) is 76.4 cm³/mol. The van der Waals surface area contributed by atoms with Gasteiger partial charge in [-0.05, 0) is 40.8 Å². The van der Waals surface area contributed by atoms with E-state index in [4.69, 9.17) is 11.6 Å². The molecular formula is C12H8ClIN2O. The van der Waals surface area contributed by atoms with Crippen molar-refractivity contribution >= 4 is 45.8 Å². The smallest absolute Gasteiger partial charge is 0.257 e. The number of rotatable bonds is 2. The van der Waals surface area contributed by atoms with E-state index in [1.165, 1.54) is 12.4 Å². The number of para-hydroxylation sites is 1. The first-order valence-electron chi connectivity index (χ1n) is 4.84. The number of nitrogens with one attached hydrogen (secondary N) is 1. The predicted octanol–water partition coefficient (Wildman–Crippen LogP) is 3.59. The van der Waals surface area contributed by atoms with Crippen LogP contribution >= 0.6 is 34.2 Å². The van der Waals surface area contributed by atoms with Crippen LogP contribution in [0, 0.1) is 3.57 Å². The van der Waals surface area contributed by atoms with Gasteiger partial charge in [0.15, 0.2) is 0 Å². The van der Waals surface area contributed by atoms with E-state index in [1.54, 1.807) is 6.07 Å². The Morgan fingerprint density at radius 3 is 2.76 bits per heavy atom. The number of aromatic nitrogens is 1. The molecule has 0 radical (unpaired) electrons. The molecule has 0 atom stereocenters. The van der Waals surface area contributed by atoms with Crippen LogP contribution in [0.5, 0.6) is 0 Å². The maximum Gasteiger partial charge on any atom is 0.257 e.